The van der Waals surface area contributed by atoms with Crippen LogP contribution in [-0.2, 0) is 14.3 Å². The van der Waals surface area contributed by atoms with Gasteiger partial charge in [-0.1, -0.05) is 11.6 Å². The number of rotatable bonds is 10. The van der Waals surface area contributed by atoms with Crippen LogP contribution in [-0.4, -0.2) is 81.3 Å². The van der Waals surface area contributed by atoms with Gasteiger partial charge in [0.2, 0.25) is 5.91 Å². The third-order valence-corrected chi connectivity index (χ3v) is 6.48. The Balaban J connectivity index is 1.82. The summed E-state index contributed by atoms with van der Waals surface area (Å²) < 4.78 is 75.3. The molecule has 2 N–H and O–H groups in total. The van der Waals surface area contributed by atoms with Crippen molar-refractivity contribution in [3.63, 3.8) is 0 Å². The summed E-state index contributed by atoms with van der Waals surface area (Å²) >= 11 is 6.73. The van der Waals surface area contributed by atoms with Crippen molar-refractivity contribution in [2.75, 3.05) is 50.1 Å². The minimum absolute atomic E-state index is 0.151. The quantitative estimate of drug-likeness (QED) is 0.414. The van der Waals surface area contributed by atoms with E-state index in [2.05, 4.69) is 15.4 Å². The molecule has 1 saturated heterocycles. The van der Waals surface area contributed by atoms with Gasteiger partial charge in [0.15, 0.2) is 5.75 Å². The van der Waals surface area contributed by atoms with E-state index in [9.17, 15) is 36.3 Å². The summed E-state index contributed by atoms with van der Waals surface area (Å²) in [6.45, 7) is -5.19. The Bertz CT molecular complexity index is 1170. The zero-order valence-electron chi connectivity index (χ0n) is 19.7. The lowest BCUT2D eigenvalue weighted by Gasteiger charge is -2.29. The summed E-state index contributed by atoms with van der Waals surface area (Å²) in [7, 11) is 1.02. The van der Waals surface area contributed by atoms with Crippen LogP contribution in [0.15, 0.2) is 30.3 Å². The molecule has 3 amide bonds. The number of halogens is 6. The number of nitrogens with zero attached hydrogens (tertiary/aromatic N) is 2. The van der Waals surface area contributed by atoms with E-state index in [0.29, 0.717) is 9.24 Å². The van der Waals surface area contributed by atoms with Gasteiger partial charge in [-0.3, -0.25) is 19.3 Å². The minimum Gasteiger partial charge on any atom is -0.433 e. The fraction of sp³-hybridized carbons (Fsp3) is 0.409. The average Bonchev–Trinajstić information content (AvgIpc) is 3.25. The van der Waals surface area contributed by atoms with Crippen LogP contribution < -0.4 is 20.3 Å². The molecule has 1 atom stereocenters. The number of anilines is 2. The van der Waals surface area contributed by atoms with Gasteiger partial charge >= 0.3 is 12.8 Å². The standard InChI is InChI=1S/C22H22ClF5N4O5S/c1-31(11-22(26,27)28)14(9-29-20(35)16-4-5-17(23)38-16)19(34)30-13-3-2-12(8-15(13)37-21(24)25)32-6-7-36-10-18(32)33/h2-5,8,14,21H,6-7,9-11H2,1H3,(H,29,35)(H,30,34)/t14-/m1/s1. The lowest BCUT2D eigenvalue weighted by Crippen LogP contribution is -2.51. The van der Waals surface area contributed by atoms with E-state index >= 15 is 0 Å². The molecule has 1 aromatic heterocycles. The zero-order chi connectivity index (χ0) is 28.0. The largest absolute Gasteiger partial charge is 0.433 e. The molecule has 0 radical (unpaired) electrons. The molecular weight excluding hydrogens is 563 g/mol. The van der Waals surface area contributed by atoms with Crippen LogP contribution >= 0.6 is 22.9 Å². The van der Waals surface area contributed by atoms with Gasteiger partial charge < -0.3 is 25.0 Å². The van der Waals surface area contributed by atoms with Crippen LogP contribution in [0.3, 0.4) is 0 Å². The number of hydrogen-bond donors (Lipinski definition) is 2. The highest BCUT2D eigenvalue weighted by Gasteiger charge is 2.35. The molecule has 2 aromatic rings. The van der Waals surface area contributed by atoms with Gasteiger partial charge in [0.05, 0.1) is 28.1 Å². The molecule has 0 spiro atoms. The Morgan fingerprint density at radius 1 is 1.26 bits per heavy atom. The number of hydrogen-bond acceptors (Lipinski definition) is 7. The Labute approximate surface area is 222 Å². The molecule has 2 heterocycles. The highest BCUT2D eigenvalue weighted by molar-refractivity contribution is 7.18. The minimum atomic E-state index is -4.67. The number of alkyl halides is 5. The van der Waals surface area contributed by atoms with Gasteiger partial charge in [-0.25, -0.2) is 0 Å². The monoisotopic (exact) mass is 584 g/mol. The maximum Gasteiger partial charge on any atom is 0.401 e. The smallest absolute Gasteiger partial charge is 0.401 e. The van der Waals surface area contributed by atoms with Crippen LogP contribution in [0.2, 0.25) is 4.34 Å². The molecule has 1 aliphatic rings. The molecule has 208 valence electrons. The van der Waals surface area contributed by atoms with E-state index in [-0.39, 0.29) is 36.0 Å². The number of morpholine rings is 1. The molecule has 38 heavy (non-hydrogen) atoms. The van der Waals surface area contributed by atoms with Crippen LogP contribution in [0.4, 0.5) is 33.3 Å². The second-order valence-electron chi connectivity index (χ2n) is 8.01. The fourth-order valence-corrected chi connectivity index (χ4v) is 4.50. The van der Waals surface area contributed by atoms with Crippen LogP contribution in [0.25, 0.3) is 0 Å². The van der Waals surface area contributed by atoms with E-state index in [0.717, 1.165) is 24.5 Å². The first kappa shape index (κ1) is 29.5. The molecule has 3 rings (SSSR count). The summed E-state index contributed by atoms with van der Waals surface area (Å²) in [5.74, 6) is -2.63. The maximum absolute atomic E-state index is 13.1. The topological polar surface area (TPSA) is 100 Å². The second kappa shape index (κ2) is 12.7. The van der Waals surface area contributed by atoms with Gasteiger partial charge in [-0.15, -0.1) is 11.3 Å². The molecule has 0 saturated carbocycles. The Kier molecular flexibility index (Phi) is 9.87. The summed E-state index contributed by atoms with van der Waals surface area (Å²) in [5, 5.41) is 4.67. The summed E-state index contributed by atoms with van der Waals surface area (Å²) in [6, 6.07) is 4.94. The van der Waals surface area contributed by atoms with Gasteiger partial charge in [0.25, 0.3) is 11.8 Å². The van der Waals surface area contributed by atoms with E-state index < -0.39 is 55.4 Å². The zero-order valence-corrected chi connectivity index (χ0v) is 21.3. The van der Waals surface area contributed by atoms with E-state index in [4.69, 9.17) is 16.3 Å². The first-order valence-corrected chi connectivity index (χ1v) is 12.1. The van der Waals surface area contributed by atoms with Crippen LogP contribution in [0.5, 0.6) is 5.75 Å². The fourth-order valence-electron chi connectivity index (χ4n) is 3.54. The number of likely N-dealkylation sites (N-methyl/N-ethyl adjacent to an activating group) is 1. The Morgan fingerprint density at radius 2 is 2.00 bits per heavy atom. The average molecular weight is 585 g/mol. The van der Waals surface area contributed by atoms with Crippen molar-refractivity contribution < 1.29 is 45.8 Å². The normalized spacial score (nSPS) is 15.1. The van der Waals surface area contributed by atoms with Gasteiger partial charge in [0, 0.05) is 24.8 Å². The number of ether oxygens (including phenoxy) is 2. The first-order chi connectivity index (χ1) is 17.8. The van der Waals surface area contributed by atoms with Crippen LogP contribution in [0.1, 0.15) is 9.67 Å². The van der Waals surface area contributed by atoms with Gasteiger partial charge in [-0.2, -0.15) is 22.0 Å². The van der Waals surface area contributed by atoms with Crippen molar-refractivity contribution in [2.45, 2.75) is 18.8 Å². The molecule has 0 aliphatic carbocycles. The highest BCUT2D eigenvalue weighted by atomic mass is 35.5. The van der Waals surface area contributed by atoms with Crippen molar-refractivity contribution in [1.82, 2.24) is 10.2 Å². The highest BCUT2D eigenvalue weighted by Crippen LogP contribution is 2.32. The number of nitrogens with one attached hydrogen (secondary N) is 2. The second-order valence-corrected chi connectivity index (χ2v) is 9.72. The third kappa shape index (κ3) is 8.24. The first-order valence-electron chi connectivity index (χ1n) is 10.9. The van der Waals surface area contributed by atoms with Crippen molar-refractivity contribution in [3.05, 3.63) is 39.5 Å². The number of carbonyl (C=O) groups is 3. The predicted molar refractivity (Wildman–Crippen MR) is 129 cm³/mol. The van der Waals surface area contributed by atoms with Crippen molar-refractivity contribution >= 4 is 52.0 Å². The van der Waals surface area contributed by atoms with Crippen molar-refractivity contribution in [3.8, 4) is 5.75 Å². The van der Waals surface area contributed by atoms with E-state index in [1.807, 2.05) is 0 Å². The SMILES string of the molecule is CN(CC(F)(F)F)[C@H](CNC(=O)c1ccc(Cl)s1)C(=O)Nc1ccc(N2CCOCC2=O)cc1OC(F)F. The summed E-state index contributed by atoms with van der Waals surface area (Å²) in [4.78, 5) is 39.6. The summed E-state index contributed by atoms with van der Waals surface area (Å²) in [6.07, 6.45) is -4.67. The Hall–Kier alpha value is -3.01. The lowest BCUT2D eigenvalue weighted by atomic mass is 10.2. The number of amides is 3. The molecular formula is C22H22ClF5N4O5S. The van der Waals surface area contributed by atoms with Crippen molar-refractivity contribution in [2.24, 2.45) is 0 Å². The maximum atomic E-state index is 13.1. The van der Waals surface area contributed by atoms with Crippen LogP contribution in [0, 0.1) is 0 Å². The van der Waals surface area contributed by atoms with Gasteiger partial charge in [0.1, 0.15) is 12.6 Å². The molecule has 1 aliphatic heterocycles. The molecule has 9 nitrogen and oxygen atoms in total. The predicted octanol–water partition coefficient (Wildman–Crippen LogP) is 3.60. The number of carbonyl (C=O) groups excluding carboxylic acids is 3. The summed E-state index contributed by atoms with van der Waals surface area (Å²) in [5.41, 5.74) is -0.0823. The van der Waals surface area contributed by atoms with E-state index in [1.165, 1.54) is 29.2 Å². The van der Waals surface area contributed by atoms with Crippen molar-refractivity contribution in [1.29, 1.82) is 0 Å². The number of thiophene rings is 1. The molecule has 16 heteroatoms. The van der Waals surface area contributed by atoms with E-state index in [1.54, 1.807) is 0 Å². The molecule has 1 aromatic carbocycles. The molecule has 0 bridgehead atoms. The molecule has 0 unspecified atom stereocenters. The Morgan fingerprint density at radius 3 is 2.61 bits per heavy atom. The lowest BCUT2D eigenvalue weighted by molar-refractivity contribution is -0.150. The third-order valence-electron chi connectivity index (χ3n) is 5.25. The number of benzene rings is 1. The molecule has 1 fully saturated rings. The van der Waals surface area contributed by atoms with Gasteiger partial charge in [-0.05, 0) is 31.3 Å².